The number of hydrogen-bond donors (Lipinski definition) is 1. The first-order valence-electron chi connectivity index (χ1n) is 5.78. The van der Waals surface area contributed by atoms with Crippen LogP contribution in [-0.4, -0.2) is 10.8 Å². The second-order valence-electron chi connectivity index (χ2n) is 4.77. The normalized spacial score (nSPS) is 11.4. The molecule has 0 unspecified atom stereocenters. The second kappa shape index (κ2) is 4.90. The maximum atomic E-state index is 12.4. The zero-order valence-corrected chi connectivity index (χ0v) is 11.3. The number of hydrogen-bond acceptors (Lipinski definition) is 4. The summed E-state index contributed by atoms with van der Waals surface area (Å²) in [4.78, 5) is 16.5. The standard InChI is InChI=1S/C14H16N2OS/c1-14(2,10-3-5-11(15)6-4-10)12(17)9-13-16-7-8-18-13/h3-8H,9,15H2,1-2H3. The van der Waals surface area contributed by atoms with Crippen molar-refractivity contribution in [1.29, 1.82) is 0 Å². The van der Waals surface area contributed by atoms with Crippen LogP contribution in [0.4, 0.5) is 5.69 Å². The van der Waals surface area contributed by atoms with Gasteiger partial charge in [0.2, 0.25) is 0 Å². The minimum Gasteiger partial charge on any atom is -0.399 e. The highest BCUT2D eigenvalue weighted by Crippen LogP contribution is 2.26. The van der Waals surface area contributed by atoms with Gasteiger partial charge < -0.3 is 5.73 Å². The molecular weight excluding hydrogens is 244 g/mol. The van der Waals surface area contributed by atoms with Crippen LogP contribution in [0, 0.1) is 0 Å². The Bertz CT molecular complexity index is 529. The van der Waals surface area contributed by atoms with Crippen molar-refractivity contribution in [3.8, 4) is 0 Å². The van der Waals surface area contributed by atoms with Gasteiger partial charge in [0, 0.05) is 22.7 Å². The van der Waals surface area contributed by atoms with E-state index in [1.54, 1.807) is 6.20 Å². The number of rotatable bonds is 4. The molecule has 1 heterocycles. The van der Waals surface area contributed by atoms with Gasteiger partial charge in [-0.1, -0.05) is 12.1 Å². The number of nitrogens with two attached hydrogens (primary N) is 1. The van der Waals surface area contributed by atoms with Crippen LogP contribution in [0.2, 0.25) is 0 Å². The molecule has 0 spiro atoms. The summed E-state index contributed by atoms with van der Waals surface area (Å²) in [6, 6.07) is 7.48. The van der Waals surface area contributed by atoms with E-state index < -0.39 is 5.41 Å². The summed E-state index contributed by atoms with van der Waals surface area (Å²) in [5.41, 5.74) is 6.84. The summed E-state index contributed by atoms with van der Waals surface area (Å²) in [7, 11) is 0. The highest BCUT2D eigenvalue weighted by atomic mass is 32.1. The Morgan fingerprint density at radius 2 is 2.00 bits per heavy atom. The van der Waals surface area contributed by atoms with E-state index in [4.69, 9.17) is 5.73 Å². The Morgan fingerprint density at radius 3 is 2.56 bits per heavy atom. The van der Waals surface area contributed by atoms with Crippen molar-refractivity contribution in [3.63, 3.8) is 0 Å². The minimum absolute atomic E-state index is 0.169. The maximum absolute atomic E-state index is 12.4. The molecule has 94 valence electrons. The molecule has 1 aromatic carbocycles. The van der Waals surface area contributed by atoms with Gasteiger partial charge >= 0.3 is 0 Å². The lowest BCUT2D eigenvalue weighted by molar-refractivity contribution is -0.122. The summed E-state index contributed by atoms with van der Waals surface area (Å²) in [5.74, 6) is 0.169. The number of nitrogens with zero attached hydrogens (tertiary/aromatic N) is 1. The number of benzene rings is 1. The largest absolute Gasteiger partial charge is 0.399 e. The molecule has 0 bridgehead atoms. The minimum atomic E-state index is -0.515. The molecule has 3 nitrogen and oxygen atoms in total. The van der Waals surface area contributed by atoms with Crippen LogP contribution >= 0.6 is 11.3 Å². The number of aromatic nitrogens is 1. The van der Waals surface area contributed by atoms with E-state index in [1.807, 2.05) is 43.5 Å². The third-order valence-electron chi connectivity index (χ3n) is 3.12. The Kier molecular flexibility index (Phi) is 3.48. The molecule has 0 radical (unpaired) electrons. The molecule has 2 rings (SSSR count). The topological polar surface area (TPSA) is 56.0 Å². The number of carbonyl (C=O) groups excluding carboxylic acids is 1. The molecule has 0 amide bonds. The third-order valence-corrected chi connectivity index (χ3v) is 3.90. The highest BCUT2D eigenvalue weighted by Gasteiger charge is 2.29. The summed E-state index contributed by atoms with van der Waals surface area (Å²) in [5, 5.41) is 2.75. The van der Waals surface area contributed by atoms with Crippen LogP contribution < -0.4 is 5.73 Å². The SMILES string of the molecule is CC(C)(C(=O)Cc1nccs1)c1ccc(N)cc1. The van der Waals surface area contributed by atoms with Crippen molar-refractivity contribution in [3.05, 3.63) is 46.4 Å². The van der Waals surface area contributed by atoms with Gasteiger partial charge in [-0.05, 0) is 31.5 Å². The van der Waals surface area contributed by atoms with Gasteiger partial charge in [-0.3, -0.25) is 4.79 Å². The van der Waals surface area contributed by atoms with Gasteiger partial charge in [0.1, 0.15) is 5.78 Å². The molecule has 2 aromatic rings. The number of thiazole rings is 1. The van der Waals surface area contributed by atoms with E-state index in [9.17, 15) is 4.79 Å². The van der Waals surface area contributed by atoms with Gasteiger partial charge in [0.25, 0.3) is 0 Å². The monoisotopic (exact) mass is 260 g/mol. The fourth-order valence-electron chi connectivity index (χ4n) is 1.76. The molecule has 0 fully saturated rings. The van der Waals surface area contributed by atoms with E-state index in [1.165, 1.54) is 11.3 Å². The number of nitrogen functional groups attached to an aromatic ring is 1. The van der Waals surface area contributed by atoms with Crippen LogP contribution in [0.5, 0.6) is 0 Å². The lowest BCUT2D eigenvalue weighted by Gasteiger charge is -2.23. The van der Waals surface area contributed by atoms with E-state index in [-0.39, 0.29) is 5.78 Å². The third kappa shape index (κ3) is 2.59. The average molecular weight is 260 g/mol. The zero-order valence-electron chi connectivity index (χ0n) is 10.5. The Balaban J connectivity index is 2.19. The molecule has 2 N–H and O–H groups in total. The highest BCUT2D eigenvalue weighted by molar-refractivity contribution is 7.09. The lowest BCUT2D eigenvalue weighted by atomic mass is 9.79. The summed E-state index contributed by atoms with van der Waals surface area (Å²) >= 11 is 1.51. The molecule has 0 saturated heterocycles. The first-order valence-corrected chi connectivity index (χ1v) is 6.66. The van der Waals surface area contributed by atoms with Gasteiger partial charge in [-0.25, -0.2) is 4.98 Å². The molecule has 0 saturated carbocycles. The molecule has 0 aliphatic rings. The molecule has 18 heavy (non-hydrogen) atoms. The summed E-state index contributed by atoms with van der Waals surface area (Å²) in [6.45, 7) is 3.88. The van der Waals surface area contributed by atoms with Crippen LogP contribution in [0.15, 0.2) is 35.8 Å². The average Bonchev–Trinajstić information content (AvgIpc) is 2.82. The van der Waals surface area contributed by atoms with Gasteiger partial charge in [-0.15, -0.1) is 11.3 Å². The second-order valence-corrected chi connectivity index (χ2v) is 5.75. The number of Topliss-reactive ketones (excluding diaryl/α,β-unsaturated/α-hetero) is 1. The molecule has 4 heteroatoms. The smallest absolute Gasteiger partial charge is 0.149 e. The molecule has 1 aromatic heterocycles. The van der Waals surface area contributed by atoms with Crippen molar-refractivity contribution >= 4 is 22.8 Å². The molecule has 0 atom stereocenters. The van der Waals surface area contributed by atoms with E-state index in [0.29, 0.717) is 12.1 Å². The quantitative estimate of drug-likeness (QED) is 0.860. The van der Waals surface area contributed by atoms with Crippen LogP contribution in [0.1, 0.15) is 24.4 Å². The van der Waals surface area contributed by atoms with Crippen LogP contribution in [-0.2, 0) is 16.6 Å². The fourth-order valence-corrected chi connectivity index (χ4v) is 2.37. The Labute approximate surface area is 111 Å². The van der Waals surface area contributed by atoms with Crippen molar-refractivity contribution in [2.24, 2.45) is 0 Å². The van der Waals surface area contributed by atoms with Gasteiger partial charge in [0.15, 0.2) is 0 Å². The predicted octanol–water partition coefficient (Wildman–Crippen LogP) is 2.81. The fraction of sp³-hybridized carbons (Fsp3) is 0.286. The van der Waals surface area contributed by atoms with Gasteiger partial charge in [0.05, 0.1) is 11.4 Å². The van der Waals surface area contributed by atoms with E-state index in [2.05, 4.69) is 4.98 Å². The molecule has 0 aliphatic heterocycles. The van der Waals surface area contributed by atoms with Crippen molar-refractivity contribution in [2.75, 3.05) is 5.73 Å². The Hall–Kier alpha value is -1.68. The Morgan fingerprint density at radius 1 is 1.33 bits per heavy atom. The number of anilines is 1. The van der Waals surface area contributed by atoms with Crippen molar-refractivity contribution < 1.29 is 4.79 Å². The first-order chi connectivity index (χ1) is 8.50. The molecular formula is C14H16N2OS. The summed E-state index contributed by atoms with van der Waals surface area (Å²) < 4.78 is 0. The van der Waals surface area contributed by atoms with Crippen molar-refractivity contribution in [1.82, 2.24) is 4.98 Å². The first kappa shape index (κ1) is 12.8. The van der Waals surface area contributed by atoms with Crippen LogP contribution in [0.25, 0.3) is 0 Å². The van der Waals surface area contributed by atoms with E-state index >= 15 is 0 Å². The lowest BCUT2D eigenvalue weighted by Crippen LogP contribution is -2.30. The van der Waals surface area contributed by atoms with E-state index in [0.717, 1.165) is 10.6 Å². The van der Waals surface area contributed by atoms with Gasteiger partial charge in [-0.2, -0.15) is 0 Å². The zero-order chi connectivity index (χ0) is 13.2. The number of carbonyl (C=O) groups is 1. The maximum Gasteiger partial charge on any atom is 0.149 e. The molecule has 0 aliphatic carbocycles. The summed E-state index contributed by atoms with van der Waals surface area (Å²) in [6.07, 6.45) is 2.11. The van der Waals surface area contributed by atoms with Crippen molar-refractivity contribution in [2.45, 2.75) is 25.7 Å². The predicted molar refractivity (Wildman–Crippen MR) is 74.7 cm³/mol. The number of ketones is 1. The van der Waals surface area contributed by atoms with Crippen LogP contribution in [0.3, 0.4) is 0 Å².